The molecule has 2 rings (SSSR count). The topological polar surface area (TPSA) is 60.2 Å². The number of aryl methyl sites for hydroxylation is 1. The van der Waals surface area contributed by atoms with Crippen molar-refractivity contribution < 1.29 is 4.39 Å². The van der Waals surface area contributed by atoms with E-state index in [4.69, 9.17) is 5.26 Å². The van der Waals surface area contributed by atoms with Gasteiger partial charge in [-0.25, -0.2) is 4.39 Å². The lowest BCUT2D eigenvalue weighted by atomic mass is 10.1. The van der Waals surface area contributed by atoms with E-state index in [2.05, 4.69) is 27.8 Å². The Morgan fingerprint density at radius 2 is 2.33 bits per heavy atom. The van der Waals surface area contributed by atoms with Crippen molar-refractivity contribution >= 4 is 5.96 Å². The fourth-order valence-electron chi connectivity index (χ4n) is 2.21. The molecule has 0 saturated carbocycles. The molecule has 0 heterocycles. The second kappa shape index (κ2) is 6.01. The molecule has 1 aliphatic rings. The normalized spacial score (nSPS) is 18.0. The molecule has 94 valence electrons. The van der Waals surface area contributed by atoms with Crippen molar-refractivity contribution in [2.45, 2.75) is 18.9 Å². The Kier molecular flexibility index (Phi) is 4.13. The van der Waals surface area contributed by atoms with E-state index in [-0.39, 0.29) is 12.6 Å². The Hall–Kier alpha value is -2.09. The van der Waals surface area contributed by atoms with Crippen LogP contribution in [-0.4, -0.2) is 19.2 Å². The van der Waals surface area contributed by atoms with Crippen LogP contribution >= 0.6 is 0 Å². The molecule has 1 aliphatic carbocycles. The van der Waals surface area contributed by atoms with Crippen LogP contribution in [0.1, 0.15) is 23.6 Å². The van der Waals surface area contributed by atoms with Gasteiger partial charge in [-0.15, -0.1) is 4.99 Å². The molecule has 4 nitrogen and oxygen atoms in total. The summed E-state index contributed by atoms with van der Waals surface area (Å²) in [5.74, 6) is 0.344. The van der Waals surface area contributed by atoms with Crippen LogP contribution in [0.5, 0.6) is 0 Å². The number of hydrogen-bond acceptors (Lipinski definition) is 2. The summed E-state index contributed by atoms with van der Waals surface area (Å²) in [6, 6.07) is 8.33. The van der Waals surface area contributed by atoms with Crippen molar-refractivity contribution in [1.29, 1.82) is 5.26 Å². The smallest absolute Gasteiger partial charge is 0.209 e. The molecule has 1 aromatic rings. The van der Waals surface area contributed by atoms with Gasteiger partial charge in [0.2, 0.25) is 12.2 Å². The highest BCUT2D eigenvalue weighted by molar-refractivity contribution is 5.81. The quantitative estimate of drug-likeness (QED) is 0.484. The highest BCUT2D eigenvalue weighted by atomic mass is 19.1. The van der Waals surface area contributed by atoms with Crippen LogP contribution in [0.4, 0.5) is 4.39 Å². The molecule has 2 N–H and O–H groups in total. The fraction of sp³-hybridized carbons (Fsp3) is 0.385. The molecule has 0 aliphatic heterocycles. The fourth-order valence-corrected chi connectivity index (χ4v) is 2.21. The van der Waals surface area contributed by atoms with Gasteiger partial charge < -0.3 is 10.6 Å². The molecule has 18 heavy (non-hydrogen) atoms. The molecule has 1 atom stereocenters. The molecule has 0 amide bonds. The van der Waals surface area contributed by atoms with Crippen molar-refractivity contribution in [1.82, 2.24) is 10.6 Å². The second-order valence-electron chi connectivity index (χ2n) is 4.11. The first kappa shape index (κ1) is 12.4. The minimum atomic E-state index is -0.493. The molecular formula is C13H15FN4. The van der Waals surface area contributed by atoms with Gasteiger partial charge in [0.25, 0.3) is 0 Å². The summed E-state index contributed by atoms with van der Waals surface area (Å²) >= 11 is 0. The van der Waals surface area contributed by atoms with Crippen molar-refractivity contribution in [3.8, 4) is 6.19 Å². The van der Waals surface area contributed by atoms with Gasteiger partial charge in [0.05, 0.1) is 6.04 Å². The van der Waals surface area contributed by atoms with Crippen LogP contribution in [0, 0.1) is 11.5 Å². The van der Waals surface area contributed by atoms with Gasteiger partial charge in [-0.2, -0.15) is 5.26 Å². The summed E-state index contributed by atoms with van der Waals surface area (Å²) in [5.41, 5.74) is 2.54. The Bertz CT molecular complexity index is 478. The molecule has 0 unspecified atom stereocenters. The third-order valence-electron chi connectivity index (χ3n) is 2.99. The molecule has 0 radical (unpaired) electrons. The number of nitriles is 1. The van der Waals surface area contributed by atoms with E-state index in [1.54, 1.807) is 6.19 Å². The van der Waals surface area contributed by atoms with Gasteiger partial charge >= 0.3 is 0 Å². The number of alkyl halides is 1. The minimum absolute atomic E-state index is 0.139. The largest absolute Gasteiger partial charge is 0.353 e. The maximum absolute atomic E-state index is 12.1. The number of nitrogens with zero attached hydrogens (tertiary/aromatic N) is 2. The Balaban J connectivity index is 2.05. The lowest BCUT2D eigenvalue weighted by Gasteiger charge is -2.17. The molecule has 0 aromatic heterocycles. The minimum Gasteiger partial charge on any atom is -0.353 e. The average Bonchev–Trinajstić information content (AvgIpc) is 2.80. The van der Waals surface area contributed by atoms with Crippen LogP contribution in [0.3, 0.4) is 0 Å². The van der Waals surface area contributed by atoms with Crippen LogP contribution < -0.4 is 10.6 Å². The number of nitrogens with one attached hydrogen (secondary N) is 2. The number of fused-ring (bicyclic) bond motifs is 1. The molecular weight excluding hydrogens is 231 g/mol. The molecule has 0 fully saturated rings. The van der Waals surface area contributed by atoms with E-state index in [0.717, 1.165) is 12.8 Å². The maximum atomic E-state index is 12.1. The predicted molar refractivity (Wildman–Crippen MR) is 67.7 cm³/mol. The number of hydrogen-bond donors (Lipinski definition) is 2. The molecule has 0 bridgehead atoms. The third kappa shape index (κ3) is 2.77. The maximum Gasteiger partial charge on any atom is 0.209 e. The Morgan fingerprint density at radius 3 is 3.11 bits per heavy atom. The third-order valence-corrected chi connectivity index (χ3v) is 2.99. The van der Waals surface area contributed by atoms with Crippen molar-refractivity contribution in [3.63, 3.8) is 0 Å². The monoisotopic (exact) mass is 246 g/mol. The lowest BCUT2D eigenvalue weighted by molar-refractivity contribution is 0.487. The second-order valence-corrected chi connectivity index (χ2v) is 4.11. The highest BCUT2D eigenvalue weighted by Crippen LogP contribution is 2.30. The van der Waals surface area contributed by atoms with Crippen LogP contribution in [0.2, 0.25) is 0 Å². The zero-order valence-corrected chi connectivity index (χ0v) is 9.99. The Morgan fingerprint density at radius 1 is 1.50 bits per heavy atom. The summed E-state index contributed by atoms with van der Waals surface area (Å²) < 4.78 is 12.1. The van der Waals surface area contributed by atoms with Gasteiger partial charge in [-0.05, 0) is 24.0 Å². The molecule has 0 spiro atoms. The van der Waals surface area contributed by atoms with Gasteiger partial charge in [0.1, 0.15) is 6.67 Å². The van der Waals surface area contributed by atoms with Crippen LogP contribution in [0.25, 0.3) is 0 Å². The number of guanidine groups is 1. The lowest BCUT2D eigenvalue weighted by Crippen LogP contribution is -2.39. The van der Waals surface area contributed by atoms with Gasteiger partial charge in [0, 0.05) is 6.54 Å². The first-order chi connectivity index (χ1) is 8.85. The average molecular weight is 246 g/mol. The number of halogens is 1. The predicted octanol–water partition coefficient (Wildman–Crippen LogP) is 1.66. The van der Waals surface area contributed by atoms with Crippen LogP contribution in [-0.2, 0) is 6.42 Å². The first-order valence-corrected chi connectivity index (χ1v) is 5.96. The summed E-state index contributed by atoms with van der Waals surface area (Å²) in [7, 11) is 0. The summed E-state index contributed by atoms with van der Waals surface area (Å²) in [6.45, 7) is -0.338. The Labute approximate surface area is 106 Å². The molecule has 1 aromatic carbocycles. The summed E-state index contributed by atoms with van der Waals surface area (Å²) in [6.07, 6.45) is 3.69. The number of benzene rings is 1. The molecule has 5 heteroatoms. The van der Waals surface area contributed by atoms with E-state index in [9.17, 15) is 4.39 Å². The van der Waals surface area contributed by atoms with E-state index in [0.29, 0.717) is 5.96 Å². The van der Waals surface area contributed by atoms with E-state index >= 15 is 0 Å². The van der Waals surface area contributed by atoms with E-state index in [1.165, 1.54) is 11.1 Å². The highest BCUT2D eigenvalue weighted by Gasteiger charge is 2.22. The zero-order chi connectivity index (χ0) is 12.8. The SMILES string of the molecule is N#C/N=C(/NCCF)N[C@H]1CCc2ccccc21. The van der Waals surface area contributed by atoms with E-state index < -0.39 is 6.67 Å². The van der Waals surface area contributed by atoms with Crippen molar-refractivity contribution in [3.05, 3.63) is 35.4 Å². The van der Waals surface area contributed by atoms with Gasteiger partial charge in [-0.1, -0.05) is 24.3 Å². The number of rotatable bonds is 3. The van der Waals surface area contributed by atoms with Gasteiger partial charge in [-0.3, -0.25) is 0 Å². The van der Waals surface area contributed by atoms with Gasteiger partial charge in [0.15, 0.2) is 0 Å². The summed E-state index contributed by atoms with van der Waals surface area (Å²) in [5, 5.41) is 14.5. The number of aliphatic imine (C=N–C) groups is 1. The van der Waals surface area contributed by atoms with Crippen molar-refractivity contribution in [2.75, 3.05) is 13.2 Å². The van der Waals surface area contributed by atoms with E-state index in [1.807, 2.05) is 12.1 Å². The molecule has 0 saturated heterocycles. The van der Waals surface area contributed by atoms with Crippen molar-refractivity contribution in [2.24, 2.45) is 4.99 Å². The zero-order valence-electron chi connectivity index (χ0n) is 9.99. The summed E-state index contributed by atoms with van der Waals surface area (Å²) in [4.78, 5) is 3.63. The van der Waals surface area contributed by atoms with Crippen LogP contribution in [0.15, 0.2) is 29.3 Å². The standard InChI is InChI=1S/C13H15FN4/c14-7-8-16-13(17-9-15)18-12-6-5-10-3-1-2-4-11(10)12/h1-4,12H,5-8H2,(H2,16,17,18)/t12-/m0/s1. The first-order valence-electron chi connectivity index (χ1n) is 5.96.